The summed E-state index contributed by atoms with van der Waals surface area (Å²) in [5.74, 6) is 1.13. The molecule has 1 heterocycles. The van der Waals surface area contributed by atoms with Gasteiger partial charge in [-0.05, 0) is 37.8 Å². The molecular weight excluding hydrogens is 266 g/mol. The number of rotatable bonds is 9. The monoisotopic (exact) mass is 289 g/mol. The Bertz CT molecular complexity index is 333. The van der Waals surface area contributed by atoms with E-state index in [9.17, 15) is 0 Å². The molecule has 0 saturated heterocycles. The summed E-state index contributed by atoms with van der Waals surface area (Å²) in [5, 5.41) is 8.76. The fourth-order valence-electron chi connectivity index (χ4n) is 2.00. The SMILES string of the molecule is CCCNC(CCSC)c1c(Cl)cnn1CCC. The molecule has 104 valence electrons. The number of hydrogen-bond acceptors (Lipinski definition) is 3. The zero-order chi connectivity index (χ0) is 13.4. The maximum absolute atomic E-state index is 6.30. The lowest BCUT2D eigenvalue weighted by atomic mass is 10.1. The lowest BCUT2D eigenvalue weighted by molar-refractivity contribution is 0.463. The van der Waals surface area contributed by atoms with E-state index in [4.69, 9.17) is 11.6 Å². The van der Waals surface area contributed by atoms with Crippen molar-refractivity contribution >= 4 is 23.4 Å². The highest BCUT2D eigenvalue weighted by molar-refractivity contribution is 7.98. The first kappa shape index (κ1) is 15.9. The molecule has 0 spiro atoms. The van der Waals surface area contributed by atoms with Crippen molar-refractivity contribution in [2.75, 3.05) is 18.6 Å². The van der Waals surface area contributed by atoms with Gasteiger partial charge in [0.15, 0.2) is 0 Å². The molecule has 1 N–H and O–H groups in total. The fourth-order valence-corrected chi connectivity index (χ4v) is 2.74. The maximum atomic E-state index is 6.30. The van der Waals surface area contributed by atoms with Gasteiger partial charge in [-0.1, -0.05) is 25.4 Å². The van der Waals surface area contributed by atoms with Crippen molar-refractivity contribution in [1.29, 1.82) is 0 Å². The lowest BCUT2D eigenvalue weighted by Crippen LogP contribution is -2.25. The van der Waals surface area contributed by atoms with Gasteiger partial charge < -0.3 is 5.32 Å². The fraction of sp³-hybridized carbons (Fsp3) is 0.769. The molecule has 1 rings (SSSR count). The number of aromatic nitrogens is 2. The Labute approximate surface area is 120 Å². The highest BCUT2D eigenvalue weighted by atomic mass is 35.5. The minimum Gasteiger partial charge on any atom is -0.309 e. The minimum absolute atomic E-state index is 0.318. The summed E-state index contributed by atoms with van der Waals surface area (Å²) in [6.07, 6.45) is 7.22. The quantitative estimate of drug-likeness (QED) is 0.751. The first-order chi connectivity index (χ1) is 8.74. The predicted molar refractivity (Wildman–Crippen MR) is 81.6 cm³/mol. The van der Waals surface area contributed by atoms with E-state index in [0.29, 0.717) is 6.04 Å². The van der Waals surface area contributed by atoms with E-state index in [1.807, 2.05) is 11.8 Å². The standard InChI is InChI=1S/C13H24ClN3S/c1-4-7-15-12(6-9-18-3)13-11(14)10-16-17(13)8-5-2/h10,12,15H,4-9H2,1-3H3. The first-order valence-electron chi connectivity index (χ1n) is 6.68. The van der Waals surface area contributed by atoms with Crippen LogP contribution < -0.4 is 5.32 Å². The second-order valence-corrected chi connectivity index (χ2v) is 5.78. The predicted octanol–water partition coefficient (Wildman–Crippen LogP) is 3.74. The summed E-state index contributed by atoms with van der Waals surface area (Å²) in [5.41, 5.74) is 1.15. The Hall–Kier alpha value is -0.190. The summed E-state index contributed by atoms with van der Waals surface area (Å²) in [6.45, 7) is 6.30. The van der Waals surface area contributed by atoms with Gasteiger partial charge in [0.2, 0.25) is 0 Å². The number of nitrogens with zero attached hydrogens (tertiary/aromatic N) is 2. The van der Waals surface area contributed by atoms with Crippen LogP contribution in [0.15, 0.2) is 6.20 Å². The highest BCUT2D eigenvalue weighted by Crippen LogP contribution is 2.26. The Morgan fingerprint density at radius 1 is 1.44 bits per heavy atom. The normalized spacial score (nSPS) is 12.9. The van der Waals surface area contributed by atoms with E-state index in [1.165, 1.54) is 0 Å². The Morgan fingerprint density at radius 2 is 2.22 bits per heavy atom. The van der Waals surface area contributed by atoms with Crippen LogP contribution in [-0.2, 0) is 6.54 Å². The van der Waals surface area contributed by atoms with Crippen molar-refractivity contribution < 1.29 is 0 Å². The van der Waals surface area contributed by atoms with Crippen LogP contribution in [0.25, 0.3) is 0 Å². The largest absolute Gasteiger partial charge is 0.309 e. The van der Waals surface area contributed by atoms with Gasteiger partial charge in [0.1, 0.15) is 0 Å². The second kappa shape index (κ2) is 8.83. The summed E-state index contributed by atoms with van der Waals surface area (Å²) in [6, 6.07) is 0.318. The van der Waals surface area contributed by atoms with Gasteiger partial charge in [-0.15, -0.1) is 0 Å². The molecule has 0 bridgehead atoms. The van der Waals surface area contributed by atoms with Gasteiger partial charge in [0, 0.05) is 6.54 Å². The maximum Gasteiger partial charge on any atom is 0.0834 e. The smallest absolute Gasteiger partial charge is 0.0834 e. The molecule has 0 aliphatic carbocycles. The number of hydrogen-bond donors (Lipinski definition) is 1. The molecule has 0 saturated carbocycles. The molecule has 1 atom stereocenters. The third-order valence-corrected chi connectivity index (χ3v) is 3.79. The van der Waals surface area contributed by atoms with Crippen LogP contribution in [0, 0.1) is 0 Å². The van der Waals surface area contributed by atoms with Gasteiger partial charge in [-0.3, -0.25) is 4.68 Å². The van der Waals surface area contributed by atoms with Crippen molar-refractivity contribution in [2.45, 2.75) is 45.7 Å². The van der Waals surface area contributed by atoms with Gasteiger partial charge >= 0.3 is 0 Å². The Balaban J connectivity index is 2.83. The Kier molecular flexibility index (Phi) is 7.79. The molecule has 0 aliphatic heterocycles. The zero-order valence-electron chi connectivity index (χ0n) is 11.6. The van der Waals surface area contributed by atoms with Crippen LogP contribution in [0.4, 0.5) is 0 Å². The summed E-state index contributed by atoms with van der Waals surface area (Å²) < 4.78 is 2.05. The van der Waals surface area contributed by atoms with Gasteiger partial charge in [0.25, 0.3) is 0 Å². The highest BCUT2D eigenvalue weighted by Gasteiger charge is 2.19. The first-order valence-corrected chi connectivity index (χ1v) is 8.45. The molecular formula is C13H24ClN3S. The molecule has 0 amide bonds. The van der Waals surface area contributed by atoms with E-state index in [2.05, 4.69) is 35.2 Å². The van der Waals surface area contributed by atoms with Crippen molar-refractivity contribution in [3.63, 3.8) is 0 Å². The zero-order valence-corrected chi connectivity index (χ0v) is 13.2. The van der Waals surface area contributed by atoms with Crippen LogP contribution in [0.3, 0.4) is 0 Å². The van der Waals surface area contributed by atoms with Crippen LogP contribution in [0.2, 0.25) is 5.02 Å². The topological polar surface area (TPSA) is 29.9 Å². The molecule has 0 aliphatic rings. The molecule has 0 aromatic carbocycles. The minimum atomic E-state index is 0.318. The van der Waals surface area contributed by atoms with Crippen LogP contribution in [-0.4, -0.2) is 28.3 Å². The van der Waals surface area contributed by atoms with Crippen molar-refractivity contribution in [3.8, 4) is 0 Å². The van der Waals surface area contributed by atoms with E-state index in [1.54, 1.807) is 6.20 Å². The molecule has 1 unspecified atom stereocenters. The van der Waals surface area contributed by atoms with Gasteiger partial charge in [-0.2, -0.15) is 16.9 Å². The van der Waals surface area contributed by atoms with Crippen molar-refractivity contribution in [3.05, 3.63) is 16.9 Å². The van der Waals surface area contributed by atoms with Crippen LogP contribution in [0.5, 0.6) is 0 Å². The van der Waals surface area contributed by atoms with Crippen LogP contribution >= 0.6 is 23.4 Å². The molecule has 0 fully saturated rings. The van der Waals surface area contributed by atoms with E-state index >= 15 is 0 Å². The van der Waals surface area contributed by atoms with E-state index in [-0.39, 0.29) is 0 Å². The average molecular weight is 290 g/mol. The van der Waals surface area contributed by atoms with Crippen molar-refractivity contribution in [2.24, 2.45) is 0 Å². The van der Waals surface area contributed by atoms with E-state index < -0.39 is 0 Å². The molecule has 5 heteroatoms. The third-order valence-electron chi connectivity index (χ3n) is 2.85. The number of nitrogens with one attached hydrogen (secondary N) is 1. The van der Waals surface area contributed by atoms with E-state index in [0.717, 1.165) is 48.8 Å². The molecule has 18 heavy (non-hydrogen) atoms. The number of thioether (sulfide) groups is 1. The summed E-state index contributed by atoms with van der Waals surface area (Å²) >= 11 is 8.18. The second-order valence-electron chi connectivity index (χ2n) is 4.39. The number of aryl methyl sites for hydroxylation is 1. The lowest BCUT2D eigenvalue weighted by Gasteiger charge is -2.20. The molecule has 1 aromatic heterocycles. The summed E-state index contributed by atoms with van der Waals surface area (Å²) in [7, 11) is 0. The summed E-state index contributed by atoms with van der Waals surface area (Å²) in [4.78, 5) is 0. The van der Waals surface area contributed by atoms with Crippen molar-refractivity contribution in [1.82, 2.24) is 15.1 Å². The molecule has 3 nitrogen and oxygen atoms in total. The van der Waals surface area contributed by atoms with Crippen LogP contribution in [0.1, 0.15) is 44.8 Å². The Morgan fingerprint density at radius 3 is 2.83 bits per heavy atom. The third kappa shape index (κ3) is 4.48. The molecule has 0 radical (unpaired) electrons. The molecule has 1 aromatic rings. The van der Waals surface area contributed by atoms with Gasteiger partial charge in [0.05, 0.1) is 23.0 Å². The van der Waals surface area contributed by atoms with Gasteiger partial charge in [-0.25, -0.2) is 0 Å². The number of halogens is 1. The average Bonchev–Trinajstić information content (AvgIpc) is 2.72.